The van der Waals surface area contributed by atoms with E-state index in [-0.39, 0.29) is 16.9 Å². The Kier molecular flexibility index (Phi) is 9.61. The summed E-state index contributed by atoms with van der Waals surface area (Å²) in [5, 5.41) is 9.15. The molecule has 0 heterocycles. The second-order valence-electron chi connectivity index (χ2n) is 7.37. The Morgan fingerprint density at radius 2 is 1.91 bits per heavy atom. The highest BCUT2D eigenvalue weighted by molar-refractivity contribution is 7.80. The van der Waals surface area contributed by atoms with Crippen molar-refractivity contribution in [1.82, 2.24) is 16.0 Å². The molecule has 0 fully saturated rings. The van der Waals surface area contributed by atoms with Crippen molar-refractivity contribution in [3.8, 4) is 0 Å². The summed E-state index contributed by atoms with van der Waals surface area (Å²) in [5.74, 6) is 1.41. The normalized spacial score (nSPS) is 14.3. The van der Waals surface area contributed by atoms with Gasteiger partial charge in [-0.1, -0.05) is 13.8 Å². The van der Waals surface area contributed by atoms with Crippen LogP contribution >= 0.6 is 12.6 Å². The van der Waals surface area contributed by atoms with E-state index in [1.165, 1.54) is 0 Å². The lowest BCUT2D eigenvalue weighted by Crippen LogP contribution is -2.52. The maximum atomic E-state index is 12.3. The van der Waals surface area contributed by atoms with Gasteiger partial charge in [-0.25, -0.2) is 0 Å². The van der Waals surface area contributed by atoms with Gasteiger partial charge in [0.1, 0.15) is 0 Å². The minimum atomic E-state index is -0.494. The minimum absolute atomic E-state index is 0.0664. The smallest absolute Gasteiger partial charge is 0.237 e. The van der Waals surface area contributed by atoms with E-state index in [2.05, 4.69) is 47.4 Å². The van der Waals surface area contributed by atoms with Crippen molar-refractivity contribution in [1.29, 1.82) is 0 Å². The summed E-state index contributed by atoms with van der Waals surface area (Å²) in [6, 6.07) is -0.494. The van der Waals surface area contributed by atoms with E-state index in [0.29, 0.717) is 6.42 Å². The summed E-state index contributed by atoms with van der Waals surface area (Å²) in [6.45, 7) is 9.08. The molecule has 0 saturated carbocycles. The molecule has 0 aromatic heterocycles. The molecule has 0 rings (SSSR count). The first-order chi connectivity index (χ1) is 10.6. The fraction of sp³-hybridized carbons (Fsp3) is 0.875. The Balaban J connectivity index is 4.24. The van der Waals surface area contributed by atoms with Crippen molar-refractivity contribution in [2.24, 2.45) is 16.1 Å². The lowest BCUT2D eigenvalue weighted by atomic mass is 9.81. The molecule has 1 unspecified atom stereocenters. The predicted octanol–water partition coefficient (Wildman–Crippen LogP) is 1.13. The Bertz CT molecular complexity index is 396. The zero-order valence-electron chi connectivity index (χ0n) is 15.5. The third kappa shape index (κ3) is 9.71. The van der Waals surface area contributed by atoms with Gasteiger partial charge in [-0.3, -0.25) is 9.79 Å². The van der Waals surface area contributed by atoms with Crippen molar-refractivity contribution < 1.29 is 4.79 Å². The van der Waals surface area contributed by atoms with Gasteiger partial charge in [0, 0.05) is 26.2 Å². The van der Waals surface area contributed by atoms with Crippen molar-refractivity contribution in [2.45, 2.75) is 58.5 Å². The molecule has 0 aliphatic carbocycles. The molecular weight excluding hydrogens is 310 g/mol. The molecule has 0 aromatic carbocycles. The molecule has 5 N–H and O–H groups in total. The third-order valence-corrected chi connectivity index (χ3v) is 4.45. The molecule has 0 spiro atoms. The predicted molar refractivity (Wildman–Crippen MR) is 102 cm³/mol. The average Bonchev–Trinajstić information content (AvgIpc) is 2.45. The quantitative estimate of drug-likeness (QED) is 0.187. The number of guanidine groups is 1. The maximum absolute atomic E-state index is 12.3. The topological polar surface area (TPSA) is 91.5 Å². The summed E-state index contributed by atoms with van der Waals surface area (Å²) >= 11 is 4.37. The van der Waals surface area contributed by atoms with Gasteiger partial charge in [0.05, 0.1) is 6.04 Å². The Morgan fingerprint density at radius 3 is 2.39 bits per heavy atom. The number of aliphatic imine (C=N–C) groups is 1. The second-order valence-corrected chi connectivity index (χ2v) is 7.69. The van der Waals surface area contributed by atoms with E-state index < -0.39 is 6.04 Å². The number of nitrogens with two attached hydrogens (primary N) is 1. The number of rotatable bonds is 9. The number of hydrogen-bond donors (Lipinski definition) is 5. The van der Waals surface area contributed by atoms with Crippen molar-refractivity contribution in [3.05, 3.63) is 0 Å². The molecule has 136 valence electrons. The number of nitrogens with zero attached hydrogens (tertiary/aromatic N) is 1. The van der Waals surface area contributed by atoms with Gasteiger partial charge < -0.3 is 21.7 Å². The van der Waals surface area contributed by atoms with Crippen LogP contribution in [-0.2, 0) is 4.79 Å². The summed E-state index contributed by atoms with van der Waals surface area (Å²) in [4.78, 5) is 16.3. The van der Waals surface area contributed by atoms with E-state index in [9.17, 15) is 4.79 Å². The molecular formula is C16H35N5OS. The fourth-order valence-corrected chi connectivity index (χ4v) is 2.77. The van der Waals surface area contributed by atoms with Crippen LogP contribution in [0.1, 0.15) is 47.0 Å². The van der Waals surface area contributed by atoms with Gasteiger partial charge in [-0.05, 0) is 44.3 Å². The van der Waals surface area contributed by atoms with Gasteiger partial charge in [-0.2, -0.15) is 12.6 Å². The van der Waals surface area contributed by atoms with Crippen LogP contribution in [0, 0.1) is 5.41 Å². The highest BCUT2D eigenvalue weighted by atomic mass is 32.1. The molecule has 0 aliphatic heterocycles. The fourth-order valence-electron chi connectivity index (χ4n) is 2.66. The molecule has 1 atom stereocenters. The number of nitrogens with one attached hydrogen (secondary N) is 3. The first-order valence-corrected chi connectivity index (χ1v) is 8.77. The molecule has 0 bridgehead atoms. The minimum Gasteiger partial charge on any atom is -0.359 e. The SMILES string of the molecule is CN=C(NC)NCCCC(N)C(=O)NC(C)(C)CC(C)(C)CS. The summed E-state index contributed by atoms with van der Waals surface area (Å²) in [5.41, 5.74) is 5.77. The Hall–Kier alpha value is -0.950. The Morgan fingerprint density at radius 1 is 1.30 bits per heavy atom. The summed E-state index contributed by atoms with van der Waals surface area (Å²) in [6.07, 6.45) is 2.28. The van der Waals surface area contributed by atoms with E-state index >= 15 is 0 Å². The molecule has 7 heteroatoms. The van der Waals surface area contributed by atoms with Gasteiger partial charge in [0.15, 0.2) is 5.96 Å². The van der Waals surface area contributed by atoms with E-state index in [4.69, 9.17) is 5.73 Å². The van der Waals surface area contributed by atoms with Gasteiger partial charge >= 0.3 is 0 Å². The van der Waals surface area contributed by atoms with Crippen LogP contribution in [0.3, 0.4) is 0 Å². The van der Waals surface area contributed by atoms with Crippen molar-refractivity contribution in [3.63, 3.8) is 0 Å². The summed E-state index contributed by atoms with van der Waals surface area (Å²) < 4.78 is 0. The standard InChI is InChI=1S/C16H35N5OS/c1-15(2,11-23)10-16(3,4)21-13(22)12(17)8-7-9-20-14(18-5)19-6/h12,23H,7-11,17H2,1-6H3,(H,21,22)(H2,18,19,20). The number of thiol groups is 1. The molecule has 0 saturated heterocycles. The number of carbonyl (C=O) groups excluding carboxylic acids is 1. The zero-order valence-corrected chi connectivity index (χ0v) is 16.4. The monoisotopic (exact) mass is 345 g/mol. The van der Waals surface area contributed by atoms with E-state index in [1.54, 1.807) is 7.05 Å². The van der Waals surface area contributed by atoms with Crippen LogP contribution in [0.5, 0.6) is 0 Å². The molecule has 0 aromatic rings. The van der Waals surface area contributed by atoms with E-state index in [0.717, 1.165) is 31.1 Å². The number of amides is 1. The van der Waals surface area contributed by atoms with Gasteiger partial charge in [0.25, 0.3) is 0 Å². The molecule has 0 radical (unpaired) electrons. The lowest BCUT2D eigenvalue weighted by Gasteiger charge is -2.35. The summed E-state index contributed by atoms with van der Waals surface area (Å²) in [7, 11) is 3.52. The van der Waals surface area contributed by atoms with Crippen LogP contribution in [0.2, 0.25) is 0 Å². The van der Waals surface area contributed by atoms with Crippen LogP contribution < -0.4 is 21.7 Å². The second kappa shape index (κ2) is 10.0. The van der Waals surface area contributed by atoms with Crippen LogP contribution in [0.15, 0.2) is 4.99 Å². The molecule has 6 nitrogen and oxygen atoms in total. The average molecular weight is 346 g/mol. The number of carbonyl (C=O) groups is 1. The molecule has 1 amide bonds. The van der Waals surface area contributed by atoms with Gasteiger partial charge in [0.2, 0.25) is 5.91 Å². The van der Waals surface area contributed by atoms with E-state index in [1.807, 2.05) is 20.9 Å². The first kappa shape index (κ1) is 22.1. The molecule has 23 heavy (non-hydrogen) atoms. The lowest BCUT2D eigenvalue weighted by molar-refractivity contribution is -0.124. The molecule has 0 aliphatic rings. The maximum Gasteiger partial charge on any atom is 0.237 e. The Labute approximate surface area is 146 Å². The highest BCUT2D eigenvalue weighted by Gasteiger charge is 2.30. The van der Waals surface area contributed by atoms with Crippen molar-refractivity contribution >= 4 is 24.5 Å². The highest BCUT2D eigenvalue weighted by Crippen LogP contribution is 2.28. The van der Waals surface area contributed by atoms with Crippen LogP contribution in [-0.4, -0.2) is 49.8 Å². The largest absolute Gasteiger partial charge is 0.359 e. The third-order valence-electron chi connectivity index (χ3n) is 3.59. The van der Waals surface area contributed by atoms with Crippen LogP contribution in [0.4, 0.5) is 0 Å². The first-order valence-electron chi connectivity index (χ1n) is 8.14. The zero-order chi connectivity index (χ0) is 18.1. The number of hydrogen-bond acceptors (Lipinski definition) is 4. The van der Waals surface area contributed by atoms with Crippen LogP contribution in [0.25, 0.3) is 0 Å². The van der Waals surface area contributed by atoms with Crippen molar-refractivity contribution in [2.75, 3.05) is 26.4 Å². The van der Waals surface area contributed by atoms with Gasteiger partial charge in [-0.15, -0.1) is 0 Å².